The molecule has 0 spiro atoms. The maximum absolute atomic E-state index is 13.6. The highest BCUT2D eigenvalue weighted by atomic mass is 32.2. The van der Waals surface area contributed by atoms with Crippen LogP contribution in [0.25, 0.3) is 0 Å². The van der Waals surface area contributed by atoms with E-state index in [1.807, 2.05) is 77.3 Å². The molecular formula is C30H39NO6S. The van der Waals surface area contributed by atoms with Crippen molar-refractivity contribution in [3.8, 4) is 5.75 Å². The zero-order valence-electron chi connectivity index (χ0n) is 23.8. The first-order valence-electron chi connectivity index (χ1n) is 12.7. The predicted molar refractivity (Wildman–Crippen MR) is 149 cm³/mol. The Balaban J connectivity index is 1.93. The van der Waals surface area contributed by atoms with Gasteiger partial charge in [0, 0.05) is 35.4 Å². The molecule has 1 fully saturated rings. The van der Waals surface area contributed by atoms with Crippen LogP contribution in [0.2, 0.25) is 0 Å². The fraction of sp³-hybridized carbons (Fsp3) is 0.500. The molecule has 2 atom stereocenters. The Kier molecular flexibility index (Phi) is 8.86. The van der Waals surface area contributed by atoms with E-state index in [4.69, 9.17) is 14.2 Å². The summed E-state index contributed by atoms with van der Waals surface area (Å²) in [6, 6.07) is 11.5. The van der Waals surface area contributed by atoms with Crippen molar-refractivity contribution in [2.75, 3.05) is 26.5 Å². The summed E-state index contributed by atoms with van der Waals surface area (Å²) in [5.41, 5.74) is 1.41. The molecule has 1 amide bonds. The van der Waals surface area contributed by atoms with Gasteiger partial charge in [0.1, 0.15) is 11.4 Å². The molecule has 206 valence electrons. The Morgan fingerprint density at radius 3 is 2.03 bits per heavy atom. The highest BCUT2D eigenvalue weighted by Gasteiger charge is 2.42. The van der Waals surface area contributed by atoms with E-state index in [0.717, 1.165) is 21.6 Å². The molecule has 1 saturated heterocycles. The Bertz CT molecular complexity index is 1180. The summed E-state index contributed by atoms with van der Waals surface area (Å²) < 4.78 is 16.7. The van der Waals surface area contributed by atoms with Gasteiger partial charge in [0.2, 0.25) is 0 Å². The molecule has 0 N–H and O–H groups in total. The molecule has 0 aliphatic carbocycles. The first kappa shape index (κ1) is 29.6. The van der Waals surface area contributed by atoms with Gasteiger partial charge < -0.3 is 19.1 Å². The van der Waals surface area contributed by atoms with Crippen LogP contribution < -0.4 is 4.74 Å². The number of carbonyl (C=O) groups excluding carboxylic acids is 3. The molecular weight excluding hydrogens is 502 g/mol. The number of Topliss-reactive ketones (excluding diaryl/α,β-unsaturated/α-hetero) is 1. The summed E-state index contributed by atoms with van der Waals surface area (Å²) >= 11 is 1.62. The number of esters is 1. The van der Waals surface area contributed by atoms with Crippen LogP contribution in [0, 0.1) is 19.8 Å². The summed E-state index contributed by atoms with van der Waals surface area (Å²) in [6.07, 6.45) is 1.54. The maximum Gasteiger partial charge on any atom is 0.409 e. The third kappa shape index (κ3) is 6.70. The van der Waals surface area contributed by atoms with Crippen LogP contribution in [0.4, 0.5) is 4.79 Å². The fourth-order valence-corrected chi connectivity index (χ4v) is 5.12. The van der Waals surface area contributed by atoms with Gasteiger partial charge in [-0.2, -0.15) is 0 Å². The SMILES string of the molecule is COC(=O)N1C[C@H](C(=O)c2ccc(SC)cc2)[C@@H](c2cc(C)c(OC(C)(C)C(=O)OC(C)(C)C)c(C)c2)C1. The molecule has 38 heavy (non-hydrogen) atoms. The fourth-order valence-electron chi connectivity index (χ4n) is 4.71. The minimum atomic E-state index is -1.19. The third-order valence-corrected chi connectivity index (χ3v) is 7.37. The summed E-state index contributed by atoms with van der Waals surface area (Å²) in [6.45, 7) is 13.3. The van der Waals surface area contributed by atoms with E-state index in [1.54, 1.807) is 30.5 Å². The molecule has 0 unspecified atom stereocenters. The average molecular weight is 542 g/mol. The second-order valence-corrected chi connectivity index (χ2v) is 12.2. The van der Waals surface area contributed by atoms with Crippen molar-refractivity contribution < 1.29 is 28.6 Å². The van der Waals surface area contributed by atoms with Crippen molar-refractivity contribution in [1.82, 2.24) is 4.90 Å². The lowest BCUT2D eigenvalue weighted by molar-refractivity contribution is -0.171. The van der Waals surface area contributed by atoms with Crippen molar-refractivity contribution in [1.29, 1.82) is 0 Å². The van der Waals surface area contributed by atoms with Crippen molar-refractivity contribution in [2.24, 2.45) is 5.92 Å². The minimum absolute atomic E-state index is 0.00394. The van der Waals surface area contributed by atoms with Gasteiger partial charge in [-0.15, -0.1) is 11.8 Å². The lowest BCUT2D eigenvalue weighted by Crippen LogP contribution is -2.43. The molecule has 2 aromatic rings. The molecule has 8 heteroatoms. The van der Waals surface area contributed by atoms with Crippen molar-refractivity contribution in [2.45, 2.75) is 70.5 Å². The molecule has 0 saturated carbocycles. The van der Waals surface area contributed by atoms with E-state index in [9.17, 15) is 14.4 Å². The van der Waals surface area contributed by atoms with E-state index in [1.165, 1.54) is 7.11 Å². The molecule has 7 nitrogen and oxygen atoms in total. The van der Waals surface area contributed by atoms with Crippen LogP contribution >= 0.6 is 11.8 Å². The molecule has 0 bridgehead atoms. The third-order valence-electron chi connectivity index (χ3n) is 6.62. The van der Waals surface area contributed by atoms with Gasteiger partial charge in [0.05, 0.1) is 7.11 Å². The number of thioether (sulfide) groups is 1. The summed E-state index contributed by atoms with van der Waals surface area (Å²) in [5.74, 6) is -0.487. The normalized spacial score (nSPS) is 17.8. The van der Waals surface area contributed by atoms with Crippen molar-refractivity contribution >= 4 is 29.6 Å². The number of nitrogens with zero attached hydrogens (tertiary/aromatic N) is 1. The smallest absolute Gasteiger partial charge is 0.409 e. The van der Waals surface area contributed by atoms with Crippen LogP contribution in [-0.2, 0) is 14.3 Å². The van der Waals surface area contributed by atoms with Crippen LogP contribution in [-0.4, -0.2) is 60.4 Å². The second kappa shape index (κ2) is 11.4. The van der Waals surface area contributed by atoms with Gasteiger partial charge in [-0.3, -0.25) is 4.79 Å². The largest absolute Gasteiger partial charge is 0.476 e. The standard InChI is InChI=1S/C30H39NO6S/c1-18-14-21(15-19(2)26(18)36-30(6,7)27(33)37-29(3,4)5)23-16-31(28(34)35-8)17-24(23)25(32)20-10-12-22(38-9)13-11-20/h10-15,23-24H,16-17H2,1-9H3/t23-,24+/m1/s1. The first-order valence-corrected chi connectivity index (χ1v) is 13.9. The number of methoxy groups -OCH3 is 1. The average Bonchev–Trinajstić information content (AvgIpc) is 3.30. The highest BCUT2D eigenvalue weighted by Crippen LogP contribution is 2.39. The lowest BCUT2D eigenvalue weighted by atomic mass is 9.82. The van der Waals surface area contributed by atoms with Crippen molar-refractivity contribution in [3.05, 3.63) is 58.7 Å². The maximum atomic E-state index is 13.6. The quantitative estimate of drug-likeness (QED) is 0.235. The van der Waals surface area contributed by atoms with Crippen LogP contribution in [0.3, 0.4) is 0 Å². The number of benzene rings is 2. The monoisotopic (exact) mass is 541 g/mol. The van der Waals surface area contributed by atoms with Crippen LogP contribution in [0.5, 0.6) is 5.75 Å². The van der Waals surface area contributed by atoms with E-state index < -0.39 is 29.2 Å². The molecule has 2 aromatic carbocycles. The molecule has 1 aliphatic heterocycles. The zero-order chi connectivity index (χ0) is 28.4. The lowest BCUT2D eigenvalue weighted by Gasteiger charge is -2.30. The van der Waals surface area contributed by atoms with Gasteiger partial charge in [-0.05, 0) is 83.5 Å². The number of likely N-dealkylation sites (tertiary alicyclic amines) is 1. The Hall–Kier alpha value is -3.00. The first-order chi connectivity index (χ1) is 17.7. The number of rotatable bonds is 7. The Morgan fingerprint density at radius 2 is 1.53 bits per heavy atom. The summed E-state index contributed by atoms with van der Waals surface area (Å²) in [5, 5.41) is 0. The van der Waals surface area contributed by atoms with Gasteiger partial charge in [-0.25, -0.2) is 9.59 Å². The highest BCUT2D eigenvalue weighted by molar-refractivity contribution is 7.98. The van der Waals surface area contributed by atoms with Gasteiger partial charge in [0.25, 0.3) is 0 Å². The number of hydrogen-bond acceptors (Lipinski definition) is 7. The van der Waals surface area contributed by atoms with Gasteiger partial charge >= 0.3 is 12.1 Å². The summed E-state index contributed by atoms with van der Waals surface area (Å²) in [4.78, 5) is 41.5. The number of carbonyl (C=O) groups is 3. The van der Waals surface area contributed by atoms with Crippen LogP contribution in [0.15, 0.2) is 41.3 Å². The van der Waals surface area contributed by atoms with E-state index in [2.05, 4.69) is 0 Å². The van der Waals surface area contributed by atoms with Gasteiger partial charge in [0.15, 0.2) is 11.4 Å². The number of aryl methyl sites for hydroxylation is 2. The Labute approximate surface area is 230 Å². The topological polar surface area (TPSA) is 82.1 Å². The number of amides is 1. The molecule has 1 heterocycles. The van der Waals surface area contributed by atoms with E-state index in [0.29, 0.717) is 17.9 Å². The molecule has 0 aromatic heterocycles. The van der Waals surface area contributed by atoms with E-state index in [-0.39, 0.29) is 18.2 Å². The minimum Gasteiger partial charge on any atom is -0.476 e. The number of hydrogen-bond donors (Lipinski definition) is 0. The predicted octanol–water partition coefficient (Wildman–Crippen LogP) is 6.19. The van der Waals surface area contributed by atoms with Crippen molar-refractivity contribution in [3.63, 3.8) is 0 Å². The Morgan fingerprint density at radius 1 is 0.947 bits per heavy atom. The molecule has 0 radical (unpaired) electrons. The van der Waals surface area contributed by atoms with Crippen LogP contribution in [0.1, 0.15) is 67.6 Å². The number of ketones is 1. The summed E-state index contributed by atoms with van der Waals surface area (Å²) in [7, 11) is 1.35. The number of ether oxygens (including phenoxy) is 3. The second-order valence-electron chi connectivity index (χ2n) is 11.3. The zero-order valence-corrected chi connectivity index (χ0v) is 24.7. The van der Waals surface area contributed by atoms with Gasteiger partial charge in [-0.1, -0.05) is 24.3 Å². The molecule has 3 rings (SSSR count). The molecule has 1 aliphatic rings. The van der Waals surface area contributed by atoms with E-state index >= 15 is 0 Å².